The number of aryl methyl sites for hydroxylation is 2. The van der Waals surface area contributed by atoms with Gasteiger partial charge in [0.25, 0.3) is 0 Å². The molecule has 0 saturated carbocycles. The number of alkyl halides is 3. The van der Waals surface area contributed by atoms with Crippen LogP contribution in [0.3, 0.4) is 0 Å². The SMILES string of the molecule is Cc1nn(C)cc1C(CN)C(F)(F)F. The predicted molar refractivity (Wildman–Crippen MR) is 45.8 cm³/mol. The fourth-order valence-corrected chi connectivity index (χ4v) is 1.40. The van der Waals surface area contributed by atoms with Crippen molar-refractivity contribution in [2.24, 2.45) is 12.8 Å². The van der Waals surface area contributed by atoms with Gasteiger partial charge in [-0.25, -0.2) is 0 Å². The highest BCUT2D eigenvalue weighted by Crippen LogP contribution is 2.34. The van der Waals surface area contributed by atoms with Gasteiger partial charge in [-0.15, -0.1) is 0 Å². The van der Waals surface area contributed by atoms with Gasteiger partial charge in [0.2, 0.25) is 0 Å². The van der Waals surface area contributed by atoms with Crippen molar-refractivity contribution in [2.75, 3.05) is 6.54 Å². The molecule has 1 rings (SSSR count). The van der Waals surface area contributed by atoms with Gasteiger partial charge in [0.1, 0.15) is 0 Å². The molecule has 6 heteroatoms. The monoisotopic (exact) mass is 207 g/mol. The first-order valence-corrected chi connectivity index (χ1v) is 4.13. The Morgan fingerprint density at radius 2 is 2.14 bits per heavy atom. The summed E-state index contributed by atoms with van der Waals surface area (Å²) in [7, 11) is 1.58. The molecule has 1 heterocycles. The Morgan fingerprint density at radius 3 is 2.43 bits per heavy atom. The first kappa shape index (κ1) is 11.0. The number of nitrogens with zero attached hydrogens (tertiary/aromatic N) is 2. The zero-order valence-electron chi connectivity index (χ0n) is 7.97. The molecule has 1 unspecified atom stereocenters. The first-order chi connectivity index (χ1) is 6.36. The van der Waals surface area contributed by atoms with Crippen molar-refractivity contribution < 1.29 is 13.2 Å². The van der Waals surface area contributed by atoms with Crippen molar-refractivity contribution in [3.63, 3.8) is 0 Å². The summed E-state index contributed by atoms with van der Waals surface area (Å²) < 4.78 is 38.8. The Balaban J connectivity index is 3.07. The van der Waals surface area contributed by atoms with E-state index in [4.69, 9.17) is 5.73 Å². The van der Waals surface area contributed by atoms with Crippen LogP contribution in [0.15, 0.2) is 6.20 Å². The van der Waals surface area contributed by atoms with E-state index < -0.39 is 18.6 Å². The lowest BCUT2D eigenvalue weighted by Gasteiger charge is -2.17. The smallest absolute Gasteiger partial charge is 0.330 e. The molecule has 0 aliphatic heterocycles. The van der Waals surface area contributed by atoms with Crippen LogP contribution in [0.25, 0.3) is 0 Å². The van der Waals surface area contributed by atoms with Crippen molar-refractivity contribution in [3.8, 4) is 0 Å². The number of nitrogens with two attached hydrogens (primary N) is 1. The maximum atomic E-state index is 12.5. The first-order valence-electron chi connectivity index (χ1n) is 4.13. The second-order valence-electron chi connectivity index (χ2n) is 3.17. The van der Waals surface area contributed by atoms with Crippen LogP contribution in [0.2, 0.25) is 0 Å². The third kappa shape index (κ3) is 2.06. The van der Waals surface area contributed by atoms with Gasteiger partial charge in [-0.1, -0.05) is 0 Å². The predicted octanol–water partition coefficient (Wildman–Crippen LogP) is 1.33. The van der Waals surface area contributed by atoms with Gasteiger partial charge >= 0.3 is 6.18 Å². The van der Waals surface area contributed by atoms with Gasteiger partial charge in [0.05, 0.1) is 11.6 Å². The molecule has 1 aromatic heterocycles. The van der Waals surface area contributed by atoms with E-state index >= 15 is 0 Å². The molecule has 3 nitrogen and oxygen atoms in total. The minimum atomic E-state index is -4.30. The number of rotatable bonds is 2. The van der Waals surface area contributed by atoms with Gasteiger partial charge in [-0.05, 0) is 6.92 Å². The van der Waals surface area contributed by atoms with Crippen LogP contribution in [-0.4, -0.2) is 22.5 Å². The van der Waals surface area contributed by atoms with E-state index in [0.29, 0.717) is 5.69 Å². The molecule has 0 spiro atoms. The molecule has 1 aromatic rings. The Hall–Kier alpha value is -1.04. The molecule has 2 N–H and O–H groups in total. The number of halogens is 3. The fourth-order valence-electron chi connectivity index (χ4n) is 1.40. The summed E-state index contributed by atoms with van der Waals surface area (Å²) in [6, 6.07) is 0. The third-order valence-corrected chi connectivity index (χ3v) is 2.06. The lowest BCUT2D eigenvalue weighted by molar-refractivity contribution is -0.148. The zero-order chi connectivity index (χ0) is 10.9. The molecule has 1 atom stereocenters. The highest BCUT2D eigenvalue weighted by atomic mass is 19.4. The van der Waals surface area contributed by atoms with Crippen LogP contribution in [-0.2, 0) is 7.05 Å². The van der Waals surface area contributed by atoms with E-state index in [2.05, 4.69) is 5.10 Å². The minimum absolute atomic E-state index is 0.155. The highest BCUT2D eigenvalue weighted by molar-refractivity contribution is 5.22. The average molecular weight is 207 g/mol. The third-order valence-electron chi connectivity index (χ3n) is 2.06. The molecule has 0 aliphatic carbocycles. The van der Waals surface area contributed by atoms with Crippen molar-refractivity contribution in [3.05, 3.63) is 17.5 Å². The summed E-state index contributed by atoms with van der Waals surface area (Å²) in [6.07, 6.45) is -2.94. The van der Waals surface area contributed by atoms with Crippen molar-refractivity contribution in [1.29, 1.82) is 0 Å². The summed E-state index contributed by atoms with van der Waals surface area (Å²) in [5.74, 6) is -1.61. The van der Waals surface area contributed by atoms with Gasteiger partial charge < -0.3 is 5.73 Å². The average Bonchev–Trinajstić information content (AvgIpc) is 2.29. The van der Waals surface area contributed by atoms with Crippen molar-refractivity contribution in [2.45, 2.75) is 19.0 Å². The molecule has 0 fully saturated rings. The summed E-state index contributed by atoms with van der Waals surface area (Å²) in [4.78, 5) is 0. The topological polar surface area (TPSA) is 43.8 Å². The van der Waals surface area contributed by atoms with Crippen LogP contribution in [0, 0.1) is 6.92 Å². The normalized spacial score (nSPS) is 14.4. The van der Waals surface area contributed by atoms with E-state index in [9.17, 15) is 13.2 Å². The molecule has 0 saturated heterocycles. The molecule has 14 heavy (non-hydrogen) atoms. The van der Waals surface area contributed by atoms with Crippen molar-refractivity contribution >= 4 is 0 Å². The minimum Gasteiger partial charge on any atom is -0.330 e. The molecule has 0 radical (unpaired) electrons. The lowest BCUT2D eigenvalue weighted by Crippen LogP contribution is -2.28. The summed E-state index contributed by atoms with van der Waals surface area (Å²) in [5.41, 5.74) is 5.64. The number of hydrogen-bond donors (Lipinski definition) is 1. The Morgan fingerprint density at radius 1 is 1.57 bits per heavy atom. The summed E-state index contributed by atoms with van der Waals surface area (Å²) >= 11 is 0. The van der Waals surface area contributed by atoms with Gasteiger partial charge in [-0.3, -0.25) is 4.68 Å². The second kappa shape index (κ2) is 3.61. The molecule has 0 amide bonds. The highest BCUT2D eigenvalue weighted by Gasteiger charge is 2.41. The van der Waals surface area contributed by atoms with Crippen LogP contribution in [0.1, 0.15) is 17.2 Å². The van der Waals surface area contributed by atoms with Crippen LogP contribution >= 0.6 is 0 Å². The Kier molecular flexibility index (Phi) is 2.84. The molecule has 0 aromatic carbocycles. The van der Waals surface area contributed by atoms with Crippen molar-refractivity contribution in [1.82, 2.24) is 9.78 Å². The van der Waals surface area contributed by atoms with E-state index in [1.54, 1.807) is 14.0 Å². The maximum Gasteiger partial charge on any atom is 0.397 e. The van der Waals surface area contributed by atoms with Gasteiger partial charge in [0.15, 0.2) is 0 Å². The van der Waals surface area contributed by atoms with Gasteiger partial charge in [0, 0.05) is 25.4 Å². The molecular weight excluding hydrogens is 195 g/mol. The molecule has 80 valence electrons. The van der Waals surface area contributed by atoms with E-state index in [1.807, 2.05) is 0 Å². The number of hydrogen-bond acceptors (Lipinski definition) is 2. The summed E-state index contributed by atoms with van der Waals surface area (Å²) in [6.45, 7) is 1.10. The molecule has 0 aliphatic rings. The van der Waals surface area contributed by atoms with Crippen LogP contribution < -0.4 is 5.73 Å². The van der Waals surface area contributed by atoms with Crippen LogP contribution in [0.5, 0.6) is 0 Å². The van der Waals surface area contributed by atoms with E-state index in [0.717, 1.165) is 0 Å². The molecular formula is C8H12F3N3. The quantitative estimate of drug-likeness (QED) is 0.795. The maximum absolute atomic E-state index is 12.5. The summed E-state index contributed by atoms with van der Waals surface area (Å²) in [5, 5.41) is 3.85. The largest absolute Gasteiger partial charge is 0.397 e. The Labute approximate surface area is 79.7 Å². The second-order valence-corrected chi connectivity index (χ2v) is 3.17. The lowest BCUT2D eigenvalue weighted by atomic mass is 10.00. The van der Waals surface area contributed by atoms with E-state index in [1.165, 1.54) is 10.9 Å². The standard InChI is InChI=1S/C8H12F3N3/c1-5-6(4-14(2)13-5)7(3-12)8(9,10)11/h4,7H,3,12H2,1-2H3. The van der Waals surface area contributed by atoms with Gasteiger partial charge in [-0.2, -0.15) is 18.3 Å². The zero-order valence-corrected chi connectivity index (χ0v) is 7.97. The van der Waals surface area contributed by atoms with E-state index in [-0.39, 0.29) is 5.56 Å². The molecule has 0 bridgehead atoms. The number of aromatic nitrogens is 2. The van der Waals surface area contributed by atoms with Crippen LogP contribution in [0.4, 0.5) is 13.2 Å². The Bertz CT molecular complexity index is 316. The fraction of sp³-hybridized carbons (Fsp3) is 0.625.